The Kier molecular flexibility index (Phi) is 4.81. The molecule has 0 bridgehead atoms. The predicted octanol–water partition coefficient (Wildman–Crippen LogP) is 1.88. The van der Waals surface area contributed by atoms with E-state index in [0.29, 0.717) is 12.3 Å². The van der Waals surface area contributed by atoms with E-state index in [1.54, 1.807) is 0 Å². The Bertz CT molecular complexity index is 399. The number of aliphatic hydroxyl groups is 1. The molecule has 0 aliphatic carbocycles. The fraction of sp³-hybridized carbons (Fsp3) is 0.769. The van der Waals surface area contributed by atoms with Crippen LogP contribution in [0.15, 0.2) is 4.47 Å². The van der Waals surface area contributed by atoms with Crippen molar-refractivity contribution in [1.29, 1.82) is 0 Å². The van der Waals surface area contributed by atoms with Crippen molar-refractivity contribution in [3.05, 3.63) is 15.9 Å². The monoisotopic (exact) mass is 315 g/mol. The lowest BCUT2D eigenvalue weighted by molar-refractivity contribution is 0.0870. The first-order valence-electron chi connectivity index (χ1n) is 6.74. The lowest BCUT2D eigenvalue weighted by Crippen LogP contribution is -2.35. The van der Waals surface area contributed by atoms with Crippen LogP contribution in [-0.4, -0.2) is 34.1 Å². The molecule has 1 aliphatic heterocycles. The third-order valence-corrected chi connectivity index (χ3v) is 4.81. The van der Waals surface area contributed by atoms with Gasteiger partial charge in [0, 0.05) is 13.0 Å². The van der Waals surface area contributed by atoms with Gasteiger partial charge in [-0.1, -0.05) is 0 Å². The zero-order valence-electron chi connectivity index (χ0n) is 11.1. The summed E-state index contributed by atoms with van der Waals surface area (Å²) in [6, 6.07) is 0. The molecule has 1 fully saturated rings. The first-order valence-corrected chi connectivity index (χ1v) is 7.53. The maximum absolute atomic E-state index is 10.4. The van der Waals surface area contributed by atoms with Crippen LogP contribution in [0.25, 0.3) is 0 Å². The largest absolute Gasteiger partial charge is 0.392 e. The van der Waals surface area contributed by atoms with Crippen LogP contribution in [-0.2, 0) is 13.0 Å². The molecule has 0 saturated carbocycles. The van der Waals surface area contributed by atoms with Gasteiger partial charge in [0.1, 0.15) is 0 Å². The van der Waals surface area contributed by atoms with Crippen LogP contribution in [0.2, 0.25) is 0 Å². The molecule has 5 heteroatoms. The SMILES string of the molecule is CCn1nc(C)c(Br)c1CC(O)C1CCNCC1. The van der Waals surface area contributed by atoms with Crippen LogP contribution in [0.5, 0.6) is 0 Å². The molecule has 2 N–H and O–H groups in total. The van der Waals surface area contributed by atoms with Crippen LogP contribution in [0.3, 0.4) is 0 Å². The van der Waals surface area contributed by atoms with Crippen molar-refractivity contribution in [2.24, 2.45) is 5.92 Å². The van der Waals surface area contributed by atoms with E-state index in [4.69, 9.17) is 0 Å². The van der Waals surface area contributed by atoms with Gasteiger partial charge >= 0.3 is 0 Å². The summed E-state index contributed by atoms with van der Waals surface area (Å²) in [5, 5.41) is 18.2. The number of hydrogen-bond acceptors (Lipinski definition) is 3. The summed E-state index contributed by atoms with van der Waals surface area (Å²) < 4.78 is 3.04. The zero-order chi connectivity index (χ0) is 13.1. The minimum Gasteiger partial charge on any atom is -0.392 e. The highest BCUT2D eigenvalue weighted by Crippen LogP contribution is 2.26. The summed E-state index contributed by atoms with van der Waals surface area (Å²) in [6.07, 6.45) is 2.57. The number of aryl methyl sites for hydroxylation is 2. The number of nitrogens with zero attached hydrogens (tertiary/aromatic N) is 2. The summed E-state index contributed by atoms with van der Waals surface area (Å²) in [7, 11) is 0. The second-order valence-corrected chi connectivity index (χ2v) is 5.81. The molecule has 4 nitrogen and oxygen atoms in total. The molecule has 0 amide bonds. The molecule has 1 unspecified atom stereocenters. The van der Waals surface area contributed by atoms with E-state index >= 15 is 0 Å². The van der Waals surface area contributed by atoms with Crippen molar-refractivity contribution in [1.82, 2.24) is 15.1 Å². The topological polar surface area (TPSA) is 50.1 Å². The molecule has 1 aromatic heterocycles. The number of aliphatic hydroxyl groups excluding tert-OH is 1. The molecule has 1 saturated heterocycles. The second kappa shape index (κ2) is 6.17. The molecule has 102 valence electrons. The van der Waals surface area contributed by atoms with Gasteiger partial charge in [-0.05, 0) is 61.6 Å². The number of nitrogens with one attached hydrogen (secondary N) is 1. The number of aromatic nitrogens is 2. The first kappa shape index (κ1) is 14.0. The Hall–Kier alpha value is -0.390. The molecule has 2 heterocycles. The van der Waals surface area contributed by atoms with Crippen LogP contribution >= 0.6 is 15.9 Å². The first-order chi connectivity index (χ1) is 8.63. The van der Waals surface area contributed by atoms with Crippen LogP contribution in [0.4, 0.5) is 0 Å². The molecule has 0 aromatic carbocycles. The van der Waals surface area contributed by atoms with Crippen molar-refractivity contribution < 1.29 is 5.11 Å². The van der Waals surface area contributed by atoms with E-state index in [0.717, 1.165) is 48.3 Å². The Balaban J connectivity index is 2.08. The molecule has 18 heavy (non-hydrogen) atoms. The molecule has 0 radical (unpaired) electrons. The molecular weight excluding hydrogens is 294 g/mol. The van der Waals surface area contributed by atoms with Gasteiger partial charge in [0.15, 0.2) is 0 Å². The van der Waals surface area contributed by atoms with Crippen molar-refractivity contribution in [2.45, 2.75) is 45.8 Å². The quantitative estimate of drug-likeness (QED) is 0.892. The Morgan fingerprint density at radius 2 is 2.17 bits per heavy atom. The van der Waals surface area contributed by atoms with Gasteiger partial charge in [-0.3, -0.25) is 4.68 Å². The summed E-state index contributed by atoms with van der Waals surface area (Å²) in [5.41, 5.74) is 2.13. The van der Waals surface area contributed by atoms with E-state index in [-0.39, 0.29) is 6.10 Å². The van der Waals surface area contributed by atoms with Crippen molar-refractivity contribution in [3.8, 4) is 0 Å². The highest BCUT2D eigenvalue weighted by molar-refractivity contribution is 9.10. The van der Waals surface area contributed by atoms with Gasteiger partial charge in [-0.15, -0.1) is 0 Å². The lowest BCUT2D eigenvalue weighted by atomic mass is 9.90. The van der Waals surface area contributed by atoms with Crippen LogP contribution < -0.4 is 5.32 Å². The van der Waals surface area contributed by atoms with Gasteiger partial charge in [0.25, 0.3) is 0 Å². The van der Waals surface area contributed by atoms with Crippen LogP contribution in [0, 0.1) is 12.8 Å². The van der Waals surface area contributed by atoms with Crippen molar-refractivity contribution in [2.75, 3.05) is 13.1 Å². The van der Waals surface area contributed by atoms with Crippen molar-refractivity contribution >= 4 is 15.9 Å². The Labute approximate surface area is 117 Å². The number of hydrogen-bond donors (Lipinski definition) is 2. The molecule has 1 aromatic rings. The molecule has 2 rings (SSSR count). The number of halogens is 1. The number of rotatable bonds is 4. The normalized spacial score (nSPS) is 19.1. The standard InChI is InChI=1S/C13H22BrN3O/c1-3-17-11(13(14)9(2)16-17)8-12(18)10-4-6-15-7-5-10/h10,12,15,18H,3-8H2,1-2H3. The highest BCUT2D eigenvalue weighted by Gasteiger charge is 2.24. The zero-order valence-corrected chi connectivity index (χ0v) is 12.7. The van der Waals surface area contributed by atoms with E-state index in [1.807, 2.05) is 11.6 Å². The van der Waals surface area contributed by atoms with Gasteiger partial charge in [0.05, 0.1) is 22.0 Å². The molecule has 0 spiro atoms. The maximum Gasteiger partial charge on any atom is 0.0738 e. The summed E-state index contributed by atoms with van der Waals surface area (Å²) in [6.45, 7) is 6.97. The molecule has 1 atom stereocenters. The van der Waals surface area contributed by atoms with Gasteiger partial charge < -0.3 is 10.4 Å². The Morgan fingerprint density at radius 3 is 2.78 bits per heavy atom. The average Bonchev–Trinajstić information content (AvgIpc) is 2.67. The maximum atomic E-state index is 10.4. The molecule has 1 aliphatic rings. The van der Waals surface area contributed by atoms with Gasteiger partial charge in [-0.2, -0.15) is 5.10 Å². The predicted molar refractivity (Wildman–Crippen MR) is 75.6 cm³/mol. The smallest absolute Gasteiger partial charge is 0.0738 e. The van der Waals surface area contributed by atoms with Crippen molar-refractivity contribution in [3.63, 3.8) is 0 Å². The Morgan fingerprint density at radius 1 is 1.50 bits per heavy atom. The summed E-state index contributed by atoms with van der Waals surface area (Å²) >= 11 is 3.59. The highest BCUT2D eigenvalue weighted by atomic mass is 79.9. The minimum atomic E-state index is -0.259. The lowest BCUT2D eigenvalue weighted by Gasteiger charge is -2.27. The fourth-order valence-corrected chi connectivity index (χ4v) is 3.10. The number of piperidine rings is 1. The summed E-state index contributed by atoms with van der Waals surface area (Å²) in [4.78, 5) is 0. The third kappa shape index (κ3) is 2.95. The third-order valence-electron chi connectivity index (χ3n) is 3.78. The van der Waals surface area contributed by atoms with E-state index in [9.17, 15) is 5.11 Å². The minimum absolute atomic E-state index is 0.259. The fourth-order valence-electron chi connectivity index (χ4n) is 2.66. The molecular formula is C13H22BrN3O. The van der Waals surface area contributed by atoms with Crippen LogP contribution in [0.1, 0.15) is 31.2 Å². The van der Waals surface area contributed by atoms with E-state index in [1.165, 1.54) is 0 Å². The van der Waals surface area contributed by atoms with E-state index < -0.39 is 0 Å². The van der Waals surface area contributed by atoms with Gasteiger partial charge in [-0.25, -0.2) is 0 Å². The average molecular weight is 316 g/mol. The van der Waals surface area contributed by atoms with E-state index in [2.05, 4.69) is 33.3 Å². The summed E-state index contributed by atoms with van der Waals surface area (Å²) in [5.74, 6) is 0.415. The van der Waals surface area contributed by atoms with Gasteiger partial charge in [0.2, 0.25) is 0 Å². The second-order valence-electron chi connectivity index (χ2n) is 5.02.